The van der Waals surface area contributed by atoms with E-state index in [0.29, 0.717) is 18.4 Å². The fourth-order valence-corrected chi connectivity index (χ4v) is 5.16. The molecule has 144 valence electrons. The van der Waals surface area contributed by atoms with Crippen molar-refractivity contribution in [3.05, 3.63) is 28.8 Å². The molecule has 2 aliphatic rings. The average Bonchev–Trinajstić information content (AvgIpc) is 3.06. The molecule has 7 heteroatoms. The summed E-state index contributed by atoms with van der Waals surface area (Å²) in [5.74, 6) is -0.435. The van der Waals surface area contributed by atoms with Crippen molar-refractivity contribution in [3.63, 3.8) is 0 Å². The molecular formula is C20H25N3O3S. The summed E-state index contributed by atoms with van der Waals surface area (Å²) >= 11 is 1.76. The number of thiazole rings is 1. The number of rotatable bonds is 2. The number of likely N-dealkylation sites (tertiary alicyclic amines) is 2. The molecule has 0 bridgehead atoms. The summed E-state index contributed by atoms with van der Waals surface area (Å²) in [5, 5.41) is 1.19. The van der Waals surface area contributed by atoms with E-state index in [4.69, 9.17) is 4.98 Å². The molecule has 0 saturated carbocycles. The number of hydrogen-bond donors (Lipinski definition) is 0. The maximum absolute atomic E-state index is 12.5. The Morgan fingerprint density at radius 1 is 1.22 bits per heavy atom. The lowest BCUT2D eigenvalue weighted by Crippen LogP contribution is -2.45. The second-order valence-electron chi connectivity index (χ2n) is 7.84. The average molecular weight is 388 g/mol. The van der Waals surface area contributed by atoms with Gasteiger partial charge in [0.1, 0.15) is 0 Å². The number of methoxy groups -OCH3 is 1. The number of hydrogen-bond acceptors (Lipinski definition) is 6. The number of benzene rings is 1. The van der Waals surface area contributed by atoms with Crippen LogP contribution >= 0.6 is 11.3 Å². The first kappa shape index (κ1) is 18.4. The van der Waals surface area contributed by atoms with E-state index in [-0.39, 0.29) is 6.04 Å². The lowest BCUT2D eigenvalue weighted by molar-refractivity contribution is -0.160. The molecule has 27 heavy (non-hydrogen) atoms. The van der Waals surface area contributed by atoms with Crippen LogP contribution in [0, 0.1) is 5.92 Å². The van der Waals surface area contributed by atoms with E-state index in [1.165, 1.54) is 16.8 Å². The Balaban J connectivity index is 1.62. The minimum Gasteiger partial charge on any atom is -0.462 e. The summed E-state index contributed by atoms with van der Waals surface area (Å²) in [6, 6.07) is 6.18. The van der Waals surface area contributed by atoms with Gasteiger partial charge in [0.2, 0.25) is 0 Å². The molecule has 1 aromatic carbocycles. The Hall–Kier alpha value is -1.99. The van der Waals surface area contributed by atoms with Gasteiger partial charge in [-0.1, -0.05) is 13.0 Å². The van der Waals surface area contributed by atoms with Gasteiger partial charge in [-0.3, -0.25) is 4.79 Å². The smallest absolute Gasteiger partial charge is 0.396 e. The molecule has 0 aliphatic carbocycles. The third-order valence-electron chi connectivity index (χ3n) is 5.66. The normalized spacial score (nSPS) is 24.0. The number of carbonyl (C=O) groups excluding carboxylic acids is 2. The number of aromatic nitrogens is 1. The van der Waals surface area contributed by atoms with Crippen molar-refractivity contribution in [2.75, 3.05) is 33.8 Å². The van der Waals surface area contributed by atoms with Gasteiger partial charge in [0.15, 0.2) is 0 Å². The lowest BCUT2D eigenvalue weighted by atomic mass is 9.89. The number of ether oxygens (including phenoxy) is 1. The molecule has 0 radical (unpaired) electrons. The molecule has 2 aliphatic heterocycles. The molecule has 1 aromatic heterocycles. The molecule has 0 N–H and O–H groups in total. The van der Waals surface area contributed by atoms with Crippen molar-refractivity contribution in [1.82, 2.24) is 14.8 Å². The van der Waals surface area contributed by atoms with Gasteiger partial charge < -0.3 is 14.5 Å². The molecule has 6 nitrogen and oxygen atoms in total. The molecule has 4 rings (SSSR count). The van der Waals surface area contributed by atoms with Crippen molar-refractivity contribution in [2.24, 2.45) is 5.92 Å². The fourth-order valence-electron chi connectivity index (χ4n) is 4.13. The van der Waals surface area contributed by atoms with Gasteiger partial charge in [-0.15, -0.1) is 11.3 Å². The van der Waals surface area contributed by atoms with E-state index in [1.54, 1.807) is 16.2 Å². The van der Waals surface area contributed by atoms with Crippen LogP contribution in [-0.4, -0.2) is 60.5 Å². The molecular weight excluding hydrogens is 362 g/mol. The maximum Gasteiger partial charge on any atom is 0.396 e. The van der Waals surface area contributed by atoms with Gasteiger partial charge in [-0.25, -0.2) is 9.78 Å². The molecule has 0 unspecified atom stereocenters. The summed E-state index contributed by atoms with van der Waals surface area (Å²) in [5.41, 5.74) is 2.04. The molecule has 3 heterocycles. The second-order valence-corrected chi connectivity index (χ2v) is 8.91. The fraction of sp³-hybridized carbons (Fsp3) is 0.550. The summed E-state index contributed by atoms with van der Waals surface area (Å²) in [7, 11) is 3.38. The second kappa shape index (κ2) is 7.20. The van der Waals surface area contributed by atoms with Crippen LogP contribution in [0.2, 0.25) is 0 Å². The lowest BCUT2D eigenvalue weighted by Gasteiger charge is -2.38. The highest BCUT2D eigenvalue weighted by Gasteiger charge is 2.35. The van der Waals surface area contributed by atoms with Crippen molar-refractivity contribution in [1.29, 1.82) is 0 Å². The number of nitrogens with zero attached hydrogens (tertiary/aromatic N) is 3. The van der Waals surface area contributed by atoms with Crippen molar-refractivity contribution in [3.8, 4) is 0 Å². The molecule has 2 aromatic rings. The molecule has 2 fully saturated rings. The highest BCUT2D eigenvalue weighted by atomic mass is 32.1. The highest BCUT2D eigenvalue weighted by molar-refractivity contribution is 7.18. The standard InChI is InChI=1S/C20H25N3O3S/c1-12-4-6-16(23(9-12)19(24)20(25)26-3)13-5-7-17-15(8-13)21-18(27-17)14-10-22(2)11-14/h5,7-8,12,14,16H,4,6,9-11H2,1-3H3/t12-,16+/m0/s1. The van der Waals surface area contributed by atoms with Crippen molar-refractivity contribution < 1.29 is 14.3 Å². The van der Waals surface area contributed by atoms with E-state index >= 15 is 0 Å². The minimum atomic E-state index is -0.791. The zero-order valence-electron chi connectivity index (χ0n) is 16.0. The molecule has 1 amide bonds. The van der Waals surface area contributed by atoms with Crippen molar-refractivity contribution in [2.45, 2.75) is 31.7 Å². The van der Waals surface area contributed by atoms with Crippen LogP contribution < -0.4 is 0 Å². The Morgan fingerprint density at radius 3 is 2.70 bits per heavy atom. The summed E-state index contributed by atoms with van der Waals surface area (Å²) in [6.07, 6.45) is 1.88. The van der Waals surface area contributed by atoms with Gasteiger partial charge in [0.05, 0.1) is 28.4 Å². The third-order valence-corrected chi connectivity index (χ3v) is 6.86. The number of carbonyl (C=O) groups is 2. The van der Waals surface area contributed by atoms with E-state index < -0.39 is 11.9 Å². The summed E-state index contributed by atoms with van der Waals surface area (Å²) in [4.78, 5) is 33.2. The van der Waals surface area contributed by atoms with Crippen LogP contribution in [0.5, 0.6) is 0 Å². The van der Waals surface area contributed by atoms with Crippen LogP contribution in [0.25, 0.3) is 10.2 Å². The molecule has 2 atom stereocenters. The highest BCUT2D eigenvalue weighted by Crippen LogP contribution is 2.37. The Bertz CT molecular complexity index is 874. The van der Waals surface area contributed by atoms with Crippen molar-refractivity contribution >= 4 is 33.4 Å². The summed E-state index contributed by atoms with van der Waals surface area (Å²) < 4.78 is 5.85. The predicted molar refractivity (Wildman–Crippen MR) is 105 cm³/mol. The number of piperidine rings is 1. The number of fused-ring (bicyclic) bond motifs is 1. The summed E-state index contributed by atoms with van der Waals surface area (Å²) in [6.45, 7) is 4.82. The van der Waals surface area contributed by atoms with Gasteiger partial charge in [-0.05, 0) is 43.5 Å². The van der Waals surface area contributed by atoms with E-state index in [1.807, 2.05) is 0 Å². The van der Waals surface area contributed by atoms with Crippen LogP contribution in [0.1, 0.15) is 42.3 Å². The molecule has 2 saturated heterocycles. The Labute approximate surface area is 163 Å². The molecule has 0 spiro atoms. The quantitative estimate of drug-likeness (QED) is 0.586. The zero-order chi connectivity index (χ0) is 19.1. The Morgan fingerprint density at radius 2 is 2.00 bits per heavy atom. The maximum atomic E-state index is 12.5. The number of likely N-dealkylation sites (N-methyl/N-ethyl adjacent to an activating group) is 1. The van der Waals surface area contributed by atoms with Gasteiger partial charge in [0, 0.05) is 25.6 Å². The van der Waals surface area contributed by atoms with Gasteiger partial charge in [-0.2, -0.15) is 0 Å². The van der Waals surface area contributed by atoms with E-state index in [0.717, 1.165) is 37.0 Å². The van der Waals surface area contributed by atoms with Gasteiger partial charge in [0.25, 0.3) is 0 Å². The number of amides is 1. The predicted octanol–water partition coefficient (Wildman–Crippen LogP) is 2.80. The van der Waals surface area contributed by atoms with Crippen LogP contribution in [0.3, 0.4) is 0 Å². The third kappa shape index (κ3) is 3.46. The topological polar surface area (TPSA) is 62.7 Å². The first-order valence-electron chi connectivity index (χ1n) is 9.44. The zero-order valence-corrected chi connectivity index (χ0v) is 16.8. The van der Waals surface area contributed by atoms with E-state index in [9.17, 15) is 9.59 Å². The van der Waals surface area contributed by atoms with Crippen LogP contribution in [-0.2, 0) is 14.3 Å². The largest absolute Gasteiger partial charge is 0.462 e. The van der Waals surface area contributed by atoms with Gasteiger partial charge >= 0.3 is 11.9 Å². The van der Waals surface area contributed by atoms with Crippen LogP contribution in [0.15, 0.2) is 18.2 Å². The SMILES string of the molecule is COC(=O)C(=O)N1C[C@@H](C)CC[C@@H]1c1ccc2sc(C3CN(C)C3)nc2c1. The number of esters is 1. The van der Waals surface area contributed by atoms with E-state index in [2.05, 4.69) is 41.8 Å². The first-order valence-corrected chi connectivity index (χ1v) is 10.3. The first-order chi connectivity index (χ1) is 13.0. The monoisotopic (exact) mass is 387 g/mol. The minimum absolute atomic E-state index is 0.0998. The Kier molecular flexibility index (Phi) is 4.90. The van der Waals surface area contributed by atoms with Crippen LogP contribution in [0.4, 0.5) is 0 Å².